The number of nitrogens with zero attached hydrogens (tertiary/aromatic N) is 1. The van der Waals surface area contributed by atoms with Gasteiger partial charge in [-0.2, -0.15) is 8.78 Å². The normalized spacial score (nSPS) is 29.1. The lowest BCUT2D eigenvalue weighted by Crippen LogP contribution is -2.57. The lowest BCUT2D eigenvalue weighted by atomic mass is 10.1. The molecule has 8 nitrogen and oxygen atoms in total. The summed E-state index contributed by atoms with van der Waals surface area (Å²) >= 11 is 0. The minimum absolute atomic E-state index is 0.452. The van der Waals surface area contributed by atoms with Crippen LogP contribution >= 0.6 is 0 Å². The summed E-state index contributed by atoms with van der Waals surface area (Å²) < 4.78 is 41.3. The fourth-order valence-electron chi connectivity index (χ4n) is 2.38. The van der Waals surface area contributed by atoms with Crippen LogP contribution in [0.1, 0.15) is 27.0 Å². The van der Waals surface area contributed by atoms with Crippen molar-refractivity contribution in [3.8, 4) is 0 Å². The Morgan fingerprint density at radius 3 is 2.42 bits per heavy atom. The van der Waals surface area contributed by atoms with E-state index in [-0.39, 0.29) is 0 Å². The third-order valence-electron chi connectivity index (χ3n) is 4.95. The van der Waals surface area contributed by atoms with Crippen LogP contribution in [0.4, 0.5) is 8.78 Å². The minimum atomic E-state index is -3.85. The number of aliphatic hydroxyl groups excluding tert-OH is 1. The highest BCUT2D eigenvalue weighted by atomic mass is 28.4. The first-order valence-electron chi connectivity index (χ1n) is 8.04. The van der Waals surface area contributed by atoms with E-state index in [1.54, 1.807) is 13.1 Å². The zero-order chi connectivity index (χ0) is 20.1. The summed E-state index contributed by atoms with van der Waals surface area (Å²) in [6.45, 7) is 7.75. The third-order valence-corrected chi connectivity index (χ3v) is 9.39. The Bertz CT molecular complexity index is 787. The second-order valence-electron chi connectivity index (χ2n) is 7.92. The molecule has 0 aromatic carbocycles. The van der Waals surface area contributed by atoms with Crippen LogP contribution in [0.3, 0.4) is 0 Å². The van der Waals surface area contributed by atoms with Crippen molar-refractivity contribution in [1.82, 2.24) is 9.55 Å². The van der Waals surface area contributed by atoms with Gasteiger partial charge in [0.2, 0.25) is 12.0 Å². The van der Waals surface area contributed by atoms with E-state index in [2.05, 4.69) is 0 Å². The van der Waals surface area contributed by atoms with Crippen molar-refractivity contribution in [2.75, 3.05) is 6.61 Å². The molecule has 0 saturated carbocycles. The topological polar surface area (TPSA) is 114 Å². The predicted octanol–water partition coefficient (Wildman–Crippen LogP) is 0.772. The Balaban J connectivity index is 2.52. The summed E-state index contributed by atoms with van der Waals surface area (Å²) in [5.74, 6) is -6.56. The molecule has 0 amide bonds. The Hall–Kier alpha value is -1.40. The molecule has 2 heterocycles. The molecule has 0 aliphatic carbocycles. The van der Waals surface area contributed by atoms with Crippen molar-refractivity contribution in [1.29, 1.82) is 0 Å². The van der Waals surface area contributed by atoms with E-state index >= 15 is 8.78 Å². The van der Waals surface area contributed by atoms with E-state index in [9.17, 15) is 19.8 Å². The van der Waals surface area contributed by atoms with Gasteiger partial charge in [0, 0.05) is 12.3 Å². The highest BCUT2D eigenvalue weighted by Crippen LogP contribution is 2.50. The van der Waals surface area contributed by atoms with Crippen molar-refractivity contribution in [2.24, 2.45) is 0 Å². The van der Waals surface area contributed by atoms with Crippen LogP contribution in [-0.2, 0) is 9.16 Å². The Morgan fingerprint density at radius 1 is 1.38 bits per heavy atom. The van der Waals surface area contributed by atoms with Crippen LogP contribution in [0, 0.1) is 0 Å². The molecule has 1 saturated heterocycles. The lowest BCUT2D eigenvalue weighted by Gasteiger charge is -2.41. The Kier molecular flexibility index (Phi) is 5.10. The first-order valence-corrected chi connectivity index (χ1v) is 10.9. The summed E-state index contributed by atoms with van der Waals surface area (Å²) in [5, 5.41) is 19.5. The first kappa shape index (κ1) is 20.9. The van der Waals surface area contributed by atoms with Crippen molar-refractivity contribution >= 4 is 8.32 Å². The molecule has 1 aliphatic heterocycles. The molecule has 0 spiro atoms. The number of aliphatic hydroxyl groups is 2. The number of hydrogen-bond acceptors (Lipinski definition) is 6. The van der Waals surface area contributed by atoms with Crippen molar-refractivity contribution in [2.45, 2.75) is 62.9 Å². The molecule has 1 fully saturated rings. The molecule has 2 rings (SSSR count). The maximum Gasteiger partial charge on any atom is 0.330 e. The molecule has 1 aromatic heterocycles. The second-order valence-corrected chi connectivity index (χ2v) is 12.7. The number of nitrogens with one attached hydrogen (secondary N) is 1. The quantitative estimate of drug-likeness (QED) is 0.650. The number of halogens is 2. The minimum Gasteiger partial charge on any atom is -0.403 e. The molecular formula is C15H24F2N2O6Si. The zero-order valence-corrected chi connectivity index (χ0v) is 16.2. The van der Waals surface area contributed by atoms with Crippen LogP contribution < -0.4 is 11.2 Å². The molecule has 1 aliphatic rings. The lowest BCUT2D eigenvalue weighted by molar-refractivity contribution is -0.252. The summed E-state index contributed by atoms with van der Waals surface area (Å²) in [7, 11) is -2.79. The number of ether oxygens (including phenoxy) is 1. The molecule has 26 heavy (non-hydrogen) atoms. The maximum atomic E-state index is 15.1. The monoisotopic (exact) mass is 394 g/mol. The number of aromatic nitrogens is 2. The molecule has 0 radical (unpaired) electrons. The van der Waals surface area contributed by atoms with E-state index in [1.165, 1.54) is 0 Å². The van der Waals surface area contributed by atoms with Crippen LogP contribution in [0.25, 0.3) is 0 Å². The Morgan fingerprint density at radius 2 is 1.96 bits per heavy atom. The van der Waals surface area contributed by atoms with E-state index in [0.29, 0.717) is 4.57 Å². The Labute approximate surface area is 149 Å². The average Bonchev–Trinajstić information content (AvgIpc) is 2.67. The van der Waals surface area contributed by atoms with Gasteiger partial charge in [0.15, 0.2) is 14.4 Å². The van der Waals surface area contributed by atoms with Crippen molar-refractivity contribution in [3.05, 3.63) is 33.1 Å². The van der Waals surface area contributed by atoms with Crippen molar-refractivity contribution in [3.63, 3.8) is 0 Å². The van der Waals surface area contributed by atoms with Gasteiger partial charge < -0.3 is 19.4 Å². The smallest absolute Gasteiger partial charge is 0.330 e. The standard InChI is InChI=1S/C15H24F2N2O6Si/c1-13(2,3)26(4,5)25-10-14(23,8-20)24-11(15(10,16)17)19-7-6-9(21)18-12(19)22/h6-7,10-11,20,23H,8H2,1-5H3,(H,18,21,22)/t10?,11-,14-/m1/s1. The van der Waals surface area contributed by atoms with E-state index in [1.807, 2.05) is 25.8 Å². The number of H-pyrrole nitrogens is 1. The van der Waals surface area contributed by atoms with Gasteiger partial charge in [-0.3, -0.25) is 14.3 Å². The summed E-state index contributed by atoms with van der Waals surface area (Å²) in [4.78, 5) is 24.9. The molecule has 148 valence electrons. The molecule has 11 heteroatoms. The largest absolute Gasteiger partial charge is 0.403 e. The van der Waals surface area contributed by atoms with Gasteiger partial charge >= 0.3 is 11.6 Å². The van der Waals surface area contributed by atoms with Gasteiger partial charge in [0.25, 0.3) is 5.56 Å². The number of alkyl halides is 2. The van der Waals surface area contributed by atoms with Gasteiger partial charge in [-0.1, -0.05) is 20.8 Å². The van der Waals surface area contributed by atoms with Crippen LogP contribution in [0.5, 0.6) is 0 Å². The maximum absolute atomic E-state index is 15.1. The molecule has 0 bridgehead atoms. The molecule has 1 aromatic rings. The molecule has 3 atom stereocenters. The SMILES string of the molecule is CC(C)(C)[Si](C)(C)OC1C(F)(F)[C@H](n2ccc(=O)[nH]c2=O)O[C@]1(O)CO. The van der Waals surface area contributed by atoms with Gasteiger partial charge in [-0.15, -0.1) is 0 Å². The third kappa shape index (κ3) is 3.41. The van der Waals surface area contributed by atoms with Gasteiger partial charge in [0.1, 0.15) is 0 Å². The van der Waals surface area contributed by atoms with Gasteiger partial charge in [0.05, 0.1) is 6.61 Å². The van der Waals surface area contributed by atoms with E-state index in [0.717, 1.165) is 12.3 Å². The van der Waals surface area contributed by atoms with Crippen LogP contribution in [0.15, 0.2) is 21.9 Å². The summed E-state index contributed by atoms with van der Waals surface area (Å²) in [6, 6.07) is 0.876. The summed E-state index contributed by atoms with van der Waals surface area (Å²) in [5.41, 5.74) is -1.89. The highest BCUT2D eigenvalue weighted by molar-refractivity contribution is 6.74. The van der Waals surface area contributed by atoms with Crippen LogP contribution in [-0.4, -0.2) is 52.5 Å². The fourth-order valence-corrected chi connectivity index (χ4v) is 3.66. The van der Waals surface area contributed by atoms with Crippen molar-refractivity contribution < 1.29 is 28.2 Å². The number of rotatable bonds is 4. The fraction of sp³-hybridized carbons (Fsp3) is 0.733. The van der Waals surface area contributed by atoms with E-state index < -0.39 is 55.3 Å². The molecule has 1 unspecified atom stereocenters. The first-order chi connectivity index (χ1) is 11.7. The predicted molar refractivity (Wildman–Crippen MR) is 90.5 cm³/mol. The number of aromatic amines is 1. The van der Waals surface area contributed by atoms with Crippen LogP contribution in [0.2, 0.25) is 18.1 Å². The van der Waals surface area contributed by atoms with Gasteiger partial charge in [-0.05, 0) is 18.1 Å². The average molecular weight is 394 g/mol. The van der Waals surface area contributed by atoms with E-state index in [4.69, 9.17) is 9.16 Å². The second kappa shape index (κ2) is 6.34. The van der Waals surface area contributed by atoms with Gasteiger partial charge in [-0.25, -0.2) is 4.79 Å². The highest BCUT2D eigenvalue weighted by Gasteiger charge is 2.69. The zero-order valence-electron chi connectivity index (χ0n) is 15.2. The summed E-state index contributed by atoms with van der Waals surface area (Å²) in [6.07, 6.45) is -3.60. The number of hydrogen-bond donors (Lipinski definition) is 3. The molecular weight excluding hydrogens is 370 g/mol. The molecule has 3 N–H and O–H groups in total.